The third-order valence-corrected chi connectivity index (χ3v) is 6.71. The molecule has 0 aliphatic carbocycles. The molecule has 29 heavy (non-hydrogen) atoms. The van der Waals surface area contributed by atoms with Gasteiger partial charge in [0.25, 0.3) is 0 Å². The molecule has 4 rings (SSSR count). The van der Waals surface area contributed by atoms with Crippen molar-refractivity contribution in [3.05, 3.63) is 24.8 Å². The summed E-state index contributed by atoms with van der Waals surface area (Å²) < 4.78 is 26.3. The first-order valence-electron chi connectivity index (χ1n) is 9.59. The molecule has 12 heteroatoms. The molecule has 1 amide bonds. The molecule has 2 fully saturated rings. The first-order chi connectivity index (χ1) is 13.9. The minimum absolute atomic E-state index is 0.0926. The number of amides is 1. The van der Waals surface area contributed by atoms with E-state index in [-0.39, 0.29) is 11.8 Å². The normalized spacial score (nSPS) is 21.3. The number of nitrogens with zero attached hydrogens (tertiary/aromatic N) is 8. The highest BCUT2D eigenvalue weighted by atomic mass is 32.2. The average Bonchev–Trinajstić information content (AvgIpc) is 3.28. The van der Waals surface area contributed by atoms with Gasteiger partial charge in [-0.05, 0) is 25.0 Å². The van der Waals surface area contributed by atoms with E-state index in [0.717, 1.165) is 25.2 Å². The molecule has 11 nitrogen and oxygen atoms in total. The van der Waals surface area contributed by atoms with Crippen molar-refractivity contribution in [2.24, 2.45) is 5.92 Å². The van der Waals surface area contributed by atoms with Crippen molar-refractivity contribution in [2.45, 2.75) is 12.8 Å². The number of carbonyl (C=O) groups is 1. The van der Waals surface area contributed by atoms with Gasteiger partial charge in [-0.25, -0.2) is 18.1 Å². The van der Waals surface area contributed by atoms with Crippen molar-refractivity contribution >= 4 is 21.7 Å². The van der Waals surface area contributed by atoms with Gasteiger partial charge in [0.1, 0.15) is 12.7 Å². The molecule has 156 valence electrons. The van der Waals surface area contributed by atoms with E-state index in [2.05, 4.69) is 25.2 Å². The molecule has 2 aliphatic heterocycles. The van der Waals surface area contributed by atoms with E-state index in [1.165, 1.54) is 21.6 Å². The molecule has 2 aromatic heterocycles. The molecule has 0 bridgehead atoms. The van der Waals surface area contributed by atoms with Crippen molar-refractivity contribution in [1.82, 2.24) is 34.2 Å². The number of anilines is 1. The minimum atomic E-state index is -3.20. The van der Waals surface area contributed by atoms with E-state index in [1.807, 2.05) is 12.1 Å². The van der Waals surface area contributed by atoms with Crippen LogP contribution in [0.5, 0.6) is 0 Å². The predicted octanol–water partition coefficient (Wildman–Crippen LogP) is -0.622. The van der Waals surface area contributed by atoms with Gasteiger partial charge in [0.05, 0.1) is 12.2 Å². The molecule has 2 aliphatic rings. The van der Waals surface area contributed by atoms with Crippen LogP contribution in [0, 0.1) is 5.92 Å². The summed E-state index contributed by atoms with van der Waals surface area (Å²) in [4.78, 5) is 20.7. The van der Waals surface area contributed by atoms with Gasteiger partial charge in [-0.2, -0.15) is 9.40 Å². The fourth-order valence-corrected chi connectivity index (χ4v) is 4.65. The fourth-order valence-electron chi connectivity index (χ4n) is 3.82. The Labute approximate surface area is 169 Å². The predicted molar refractivity (Wildman–Crippen MR) is 105 cm³/mol. The van der Waals surface area contributed by atoms with Crippen molar-refractivity contribution in [1.29, 1.82) is 0 Å². The zero-order valence-electron chi connectivity index (χ0n) is 16.3. The van der Waals surface area contributed by atoms with Gasteiger partial charge in [-0.3, -0.25) is 4.79 Å². The van der Waals surface area contributed by atoms with Crippen LogP contribution in [0.2, 0.25) is 0 Å². The monoisotopic (exact) mass is 420 g/mol. The fraction of sp³-hybridized carbons (Fsp3) is 0.588. The highest BCUT2D eigenvalue weighted by Crippen LogP contribution is 2.24. The van der Waals surface area contributed by atoms with Crippen LogP contribution in [0.25, 0.3) is 5.82 Å². The Morgan fingerprint density at radius 1 is 1.07 bits per heavy atom. The quantitative estimate of drug-likeness (QED) is 0.642. The zero-order valence-corrected chi connectivity index (χ0v) is 17.1. The number of hydrogen-bond donors (Lipinski definition) is 0. The Hall–Kier alpha value is -2.60. The summed E-state index contributed by atoms with van der Waals surface area (Å²) in [5.41, 5.74) is 0. The Bertz CT molecular complexity index is 940. The summed E-state index contributed by atoms with van der Waals surface area (Å²) in [7, 11) is -3.20. The van der Waals surface area contributed by atoms with Gasteiger partial charge in [0.2, 0.25) is 15.9 Å². The molecule has 0 saturated carbocycles. The topological polar surface area (TPSA) is 117 Å². The van der Waals surface area contributed by atoms with E-state index in [1.54, 1.807) is 11.2 Å². The summed E-state index contributed by atoms with van der Waals surface area (Å²) in [6, 6.07) is 3.70. The molecule has 0 N–H and O–H groups in total. The zero-order chi connectivity index (χ0) is 20.4. The smallest absolute Gasteiger partial charge is 0.227 e. The van der Waals surface area contributed by atoms with Crippen LogP contribution in [-0.4, -0.2) is 94.0 Å². The van der Waals surface area contributed by atoms with Crippen molar-refractivity contribution in [3.63, 3.8) is 0 Å². The Balaban J connectivity index is 1.37. The number of sulfonamides is 1. The second-order valence-electron chi connectivity index (χ2n) is 7.36. The number of carbonyl (C=O) groups excluding carboxylic acids is 1. The van der Waals surface area contributed by atoms with E-state index in [9.17, 15) is 13.2 Å². The van der Waals surface area contributed by atoms with Crippen molar-refractivity contribution in [2.75, 3.05) is 50.4 Å². The Morgan fingerprint density at radius 2 is 1.79 bits per heavy atom. The van der Waals surface area contributed by atoms with Gasteiger partial charge in [0, 0.05) is 39.3 Å². The average molecular weight is 420 g/mol. The van der Waals surface area contributed by atoms with E-state index in [4.69, 9.17) is 0 Å². The summed E-state index contributed by atoms with van der Waals surface area (Å²) in [5, 5.41) is 12.5. The third-order valence-electron chi connectivity index (χ3n) is 5.40. The molecule has 4 heterocycles. The molecular weight excluding hydrogens is 396 g/mol. The second kappa shape index (κ2) is 8.03. The lowest BCUT2D eigenvalue weighted by molar-refractivity contribution is -0.137. The summed E-state index contributed by atoms with van der Waals surface area (Å²) in [5.74, 6) is 1.29. The number of aromatic nitrogens is 5. The van der Waals surface area contributed by atoms with Crippen LogP contribution < -0.4 is 4.90 Å². The molecule has 1 atom stereocenters. The second-order valence-corrected chi connectivity index (χ2v) is 9.34. The van der Waals surface area contributed by atoms with Crippen LogP contribution in [0.1, 0.15) is 12.8 Å². The number of hydrogen-bond acceptors (Lipinski definition) is 8. The third kappa shape index (κ3) is 4.37. The molecule has 2 saturated heterocycles. The molecular formula is C17H24N8O3S. The van der Waals surface area contributed by atoms with Gasteiger partial charge in [-0.15, -0.1) is 10.2 Å². The van der Waals surface area contributed by atoms with Crippen LogP contribution in [0.4, 0.5) is 5.82 Å². The lowest BCUT2D eigenvalue weighted by Crippen LogP contribution is -2.53. The van der Waals surface area contributed by atoms with Gasteiger partial charge >= 0.3 is 0 Å². The maximum atomic E-state index is 13.0. The van der Waals surface area contributed by atoms with Gasteiger partial charge < -0.3 is 9.80 Å². The summed E-state index contributed by atoms with van der Waals surface area (Å²) in [6.07, 6.45) is 5.92. The Kier molecular flexibility index (Phi) is 5.46. The lowest BCUT2D eigenvalue weighted by atomic mass is 9.96. The molecule has 1 unspecified atom stereocenters. The van der Waals surface area contributed by atoms with E-state index >= 15 is 0 Å². The molecule has 2 aromatic rings. The first-order valence-corrected chi connectivity index (χ1v) is 11.4. The largest absolute Gasteiger partial charge is 0.354 e. The van der Waals surface area contributed by atoms with Crippen LogP contribution in [0.3, 0.4) is 0 Å². The maximum Gasteiger partial charge on any atom is 0.227 e. The van der Waals surface area contributed by atoms with Crippen LogP contribution in [-0.2, 0) is 14.8 Å². The standard InChI is InChI=1S/C17H24N8O3S/c1-29(27,28)24-9-7-22(8-10-24)17(26)14-3-2-6-23(11-14)15-4-5-16(21-20-15)25-13-18-12-19-25/h4-5,12-14H,2-3,6-11H2,1H3. The Morgan fingerprint density at radius 3 is 2.41 bits per heavy atom. The number of piperazine rings is 1. The number of rotatable bonds is 4. The highest BCUT2D eigenvalue weighted by molar-refractivity contribution is 7.88. The molecule has 0 aromatic carbocycles. The molecule has 0 radical (unpaired) electrons. The van der Waals surface area contributed by atoms with Crippen LogP contribution >= 0.6 is 0 Å². The molecule has 0 spiro atoms. The minimum Gasteiger partial charge on any atom is -0.354 e. The maximum absolute atomic E-state index is 13.0. The summed E-state index contributed by atoms with van der Waals surface area (Å²) >= 11 is 0. The van der Waals surface area contributed by atoms with Crippen molar-refractivity contribution < 1.29 is 13.2 Å². The van der Waals surface area contributed by atoms with Gasteiger partial charge in [0.15, 0.2) is 11.6 Å². The van der Waals surface area contributed by atoms with Crippen LogP contribution in [0.15, 0.2) is 24.8 Å². The van der Waals surface area contributed by atoms with E-state index < -0.39 is 10.0 Å². The highest BCUT2D eigenvalue weighted by Gasteiger charge is 2.33. The van der Waals surface area contributed by atoms with Crippen molar-refractivity contribution in [3.8, 4) is 5.82 Å². The number of piperidine rings is 1. The van der Waals surface area contributed by atoms with Gasteiger partial charge in [-0.1, -0.05) is 0 Å². The lowest BCUT2D eigenvalue weighted by Gasteiger charge is -2.38. The first kappa shape index (κ1) is 19.7. The SMILES string of the molecule is CS(=O)(=O)N1CCN(C(=O)C2CCCN(c3ccc(-n4cncn4)nn3)C2)CC1. The van der Waals surface area contributed by atoms with E-state index in [0.29, 0.717) is 38.5 Å². The summed E-state index contributed by atoms with van der Waals surface area (Å²) in [6.45, 7) is 3.00.